The van der Waals surface area contributed by atoms with Crippen LogP contribution < -0.4 is 5.32 Å². The second kappa shape index (κ2) is 6.45. The molecule has 5 heteroatoms. The Labute approximate surface area is 146 Å². The molecule has 2 rings (SSSR count). The van der Waals surface area contributed by atoms with Gasteiger partial charge in [0, 0.05) is 17.6 Å². The van der Waals surface area contributed by atoms with Gasteiger partial charge in [0.1, 0.15) is 3.92 Å². The predicted octanol–water partition coefficient (Wildman–Crippen LogP) is 3.55. The maximum Gasteiger partial charge on any atom is 0.237 e. The second-order valence-electron chi connectivity index (χ2n) is 7.20. The average Bonchev–Trinajstić information content (AvgIpc) is 2.64. The standard InChI is InChI=1S/C17H25IN2O2/c1-16(2)10-13(17(3,4)20(16)22)11-19-15(21)14(18)12-8-6-5-7-9-12/h5-9,13-14,22H,10-11H2,1-4H3,(H,19,21). The zero-order valence-corrected chi connectivity index (χ0v) is 15.8. The molecule has 0 radical (unpaired) electrons. The van der Waals surface area contributed by atoms with Crippen LogP contribution in [0, 0.1) is 5.92 Å². The van der Waals surface area contributed by atoms with Crippen molar-refractivity contribution < 1.29 is 10.0 Å². The van der Waals surface area contributed by atoms with Crippen molar-refractivity contribution in [3.05, 3.63) is 35.9 Å². The lowest BCUT2D eigenvalue weighted by Gasteiger charge is -2.36. The van der Waals surface area contributed by atoms with Crippen molar-refractivity contribution in [3.8, 4) is 0 Å². The summed E-state index contributed by atoms with van der Waals surface area (Å²) >= 11 is 2.17. The molecule has 1 aliphatic heterocycles. The van der Waals surface area contributed by atoms with Gasteiger partial charge in [-0.2, -0.15) is 5.06 Å². The molecule has 2 atom stereocenters. The molecule has 2 unspecified atom stereocenters. The number of benzene rings is 1. The summed E-state index contributed by atoms with van der Waals surface area (Å²) in [6.07, 6.45) is 0.855. The van der Waals surface area contributed by atoms with Crippen LogP contribution >= 0.6 is 22.6 Å². The highest BCUT2D eigenvalue weighted by Crippen LogP contribution is 2.43. The molecule has 1 heterocycles. The van der Waals surface area contributed by atoms with E-state index < -0.39 is 0 Å². The topological polar surface area (TPSA) is 52.6 Å². The van der Waals surface area contributed by atoms with E-state index in [1.807, 2.05) is 58.0 Å². The first-order chi connectivity index (χ1) is 10.2. The molecular weight excluding hydrogens is 391 g/mol. The highest BCUT2D eigenvalue weighted by molar-refractivity contribution is 14.1. The minimum absolute atomic E-state index is 0.0248. The molecule has 1 amide bonds. The van der Waals surface area contributed by atoms with E-state index in [9.17, 15) is 10.0 Å². The van der Waals surface area contributed by atoms with Crippen molar-refractivity contribution in [1.82, 2.24) is 10.4 Å². The minimum Gasteiger partial charge on any atom is -0.355 e. The van der Waals surface area contributed by atoms with Gasteiger partial charge in [-0.1, -0.05) is 52.9 Å². The smallest absolute Gasteiger partial charge is 0.237 e. The van der Waals surface area contributed by atoms with Crippen molar-refractivity contribution in [3.63, 3.8) is 0 Å². The van der Waals surface area contributed by atoms with E-state index in [0.29, 0.717) is 6.54 Å². The minimum atomic E-state index is -0.343. The molecule has 1 aromatic carbocycles. The maximum absolute atomic E-state index is 12.4. The number of hydrogen-bond donors (Lipinski definition) is 2. The largest absolute Gasteiger partial charge is 0.355 e. The van der Waals surface area contributed by atoms with Crippen molar-refractivity contribution in [1.29, 1.82) is 0 Å². The first-order valence-corrected chi connectivity index (χ1v) is 8.87. The Morgan fingerprint density at radius 2 is 1.95 bits per heavy atom. The number of nitrogens with zero attached hydrogens (tertiary/aromatic N) is 1. The molecule has 0 aliphatic carbocycles. The van der Waals surface area contributed by atoms with E-state index in [4.69, 9.17) is 0 Å². The quantitative estimate of drug-likeness (QED) is 0.583. The van der Waals surface area contributed by atoms with E-state index >= 15 is 0 Å². The summed E-state index contributed by atoms with van der Waals surface area (Å²) in [4.78, 5) is 12.4. The van der Waals surface area contributed by atoms with Crippen LogP contribution in [0.1, 0.15) is 43.6 Å². The maximum atomic E-state index is 12.4. The Morgan fingerprint density at radius 1 is 1.36 bits per heavy atom. The van der Waals surface area contributed by atoms with Crippen LogP contribution in [0.15, 0.2) is 30.3 Å². The lowest BCUT2D eigenvalue weighted by atomic mass is 9.87. The molecule has 1 saturated heterocycles. The Hall–Kier alpha value is -0.660. The number of carbonyl (C=O) groups excluding carboxylic acids is 1. The Kier molecular flexibility index (Phi) is 5.19. The first-order valence-electron chi connectivity index (χ1n) is 7.62. The van der Waals surface area contributed by atoms with Gasteiger partial charge < -0.3 is 10.5 Å². The number of alkyl halides is 1. The molecule has 122 valence electrons. The Balaban J connectivity index is 1.97. The number of nitrogens with one attached hydrogen (secondary N) is 1. The van der Waals surface area contributed by atoms with E-state index in [2.05, 4.69) is 27.9 Å². The van der Waals surface area contributed by atoms with Gasteiger partial charge in [0.15, 0.2) is 0 Å². The first kappa shape index (κ1) is 17.7. The van der Waals surface area contributed by atoms with E-state index in [0.717, 1.165) is 12.0 Å². The van der Waals surface area contributed by atoms with Gasteiger partial charge in [-0.3, -0.25) is 4.79 Å². The summed E-state index contributed by atoms with van der Waals surface area (Å²) in [7, 11) is 0. The molecule has 2 N–H and O–H groups in total. The van der Waals surface area contributed by atoms with Crippen LogP contribution in [0.5, 0.6) is 0 Å². The number of hydroxylamine groups is 2. The Bertz CT molecular complexity index is 531. The molecule has 1 aliphatic rings. The monoisotopic (exact) mass is 416 g/mol. The third-order valence-corrected chi connectivity index (χ3v) is 5.99. The molecule has 1 aromatic rings. The number of rotatable bonds is 4. The van der Waals surface area contributed by atoms with E-state index in [1.165, 1.54) is 5.06 Å². The fraction of sp³-hybridized carbons (Fsp3) is 0.588. The molecule has 1 fully saturated rings. The Morgan fingerprint density at radius 3 is 2.45 bits per heavy atom. The van der Waals surface area contributed by atoms with Gasteiger partial charge in [-0.25, -0.2) is 0 Å². The number of hydrogen-bond acceptors (Lipinski definition) is 3. The third-order valence-electron chi connectivity index (χ3n) is 4.71. The van der Waals surface area contributed by atoms with Gasteiger partial charge in [0.05, 0.1) is 0 Å². The van der Waals surface area contributed by atoms with Crippen LogP contribution in [-0.2, 0) is 4.79 Å². The van der Waals surface area contributed by atoms with E-state index in [-0.39, 0.29) is 26.8 Å². The summed E-state index contributed by atoms with van der Waals surface area (Å²) in [5, 5.41) is 14.8. The predicted molar refractivity (Wildman–Crippen MR) is 96.1 cm³/mol. The summed E-state index contributed by atoms with van der Waals surface area (Å²) in [5.74, 6) is 0.243. The van der Waals surface area contributed by atoms with Crippen LogP contribution in [0.3, 0.4) is 0 Å². The van der Waals surface area contributed by atoms with Crippen LogP contribution in [0.2, 0.25) is 0 Å². The van der Waals surface area contributed by atoms with E-state index in [1.54, 1.807) is 0 Å². The van der Waals surface area contributed by atoms with Crippen molar-refractivity contribution in [2.24, 2.45) is 5.92 Å². The van der Waals surface area contributed by atoms with Crippen LogP contribution in [0.25, 0.3) is 0 Å². The molecule has 4 nitrogen and oxygen atoms in total. The molecule has 0 saturated carbocycles. The molecule has 22 heavy (non-hydrogen) atoms. The van der Waals surface area contributed by atoms with Crippen molar-refractivity contribution >= 4 is 28.5 Å². The number of amides is 1. The number of carbonyl (C=O) groups is 1. The molecular formula is C17H25IN2O2. The summed E-state index contributed by atoms with van der Waals surface area (Å²) in [6, 6.07) is 9.77. The van der Waals surface area contributed by atoms with Gasteiger partial charge >= 0.3 is 0 Å². The lowest BCUT2D eigenvalue weighted by Crippen LogP contribution is -2.49. The molecule has 0 spiro atoms. The van der Waals surface area contributed by atoms with Gasteiger partial charge in [-0.05, 0) is 45.6 Å². The molecule has 0 bridgehead atoms. The highest BCUT2D eigenvalue weighted by Gasteiger charge is 2.51. The fourth-order valence-electron chi connectivity index (χ4n) is 3.30. The number of halogens is 1. The zero-order valence-electron chi connectivity index (χ0n) is 13.6. The van der Waals surface area contributed by atoms with Crippen molar-refractivity contribution in [2.75, 3.05) is 6.54 Å². The third kappa shape index (κ3) is 3.46. The second-order valence-corrected chi connectivity index (χ2v) is 8.44. The zero-order chi connectivity index (χ0) is 16.5. The lowest BCUT2D eigenvalue weighted by molar-refractivity contribution is -0.196. The molecule has 0 aromatic heterocycles. The van der Waals surface area contributed by atoms with Crippen LogP contribution in [-0.4, -0.2) is 33.8 Å². The summed E-state index contributed by atoms with van der Waals surface area (Å²) in [5.41, 5.74) is 0.405. The van der Waals surface area contributed by atoms with Crippen LogP contribution in [0.4, 0.5) is 0 Å². The fourth-order valence-corrected chi connectivity index (χ4v) is 3.94. The SMILES string of the molecule is CC1(C)CC(CNC(=O)C(I)c2ccccc2)C(C)(C)N1O. The normalized spacial score (nSPS) is 24.9. The highest BCUT2D eigenvalue weighted by atomic mass is 127. The van der Waals surface area contributed by atoms with Gasteiger partial charge in [0.25, 0.3) is 0 Å². The van der Waals surface area contributed by atoms with Crippen molar-refractivity contribution in [2.45, 2.75) is 49.1 Å². The van der Waals surface area contributed by atoms with Gasteiger partial charge in [0.2, 0.25) is 5.91 Å². The summed E-state index contributed by atoms with van der Waals surface area (Å²) < 4.78 is -0.193. The summed E-state index contributed by atoms with van der Waals surface area (Å²) in [6.45, 7) is 8.69. The van der Waals surface area contributed by atoms with Gasteiger partial charge in [-0.15, -0.1) is 0 Å². The average molecular weight is 416 g/mol.